The van der Waals surface area contributed by atoms with Gasteiger partial charge in [-0.1, -0.05) is 32.9 Å². The second kappa shape index (κ2) is 12.7. The minimum absolute atomic E-state index is 0.0269. The smallest absolute Gasteiger partial charge is 0.317 e. The molecule has 6 nitrogen and oxygen atoms in total. The first-order valence-electron chi connectivity index (χ1n) is 12.3. The van der Waals surface area contributed by atoms with Gasteiger partial charge in [0.2, 0.25) is 0 Å². The number of rotatable bonds is 11. The summed E-state index contributed by atoms with van der Waals surface area (Å²) in [6.45, 7) is 8.94. The number of likely N-dealkylation sites (tertiary alicyclic amines) is 1. The lowest BCUT2D eigenvalue weighted by Crippen LogP contribution is -2.54. The Morgan fingerprint density at radius 3 is 2.73 bits per heavy atom. The van der Waals surface area contributed by atoms with Gasteiger partial charge in [-0.15, -0.1) is 0 Å². The van der Waals surface area contributed by atoms with Gasteiger partial charge in [0.05, 0.1) is 5.60 Å². The lowest BCUT2D eigenvalue weighted by molar-refractivity contribution is -0.0566. The average Bonchev–Trinajstić information content (AvgIpc) is 2.75. The van der Waals surface area contributed by atoms with E-state index in [2.05, 4.69) is 31.4 Å². The Bertz CT molecular complexity index is 740. The van der Waals surface area contributed by atoms with Gasteiger partial charge in [-0.05, 0) is 68.7 Å². The van der Waals surface area contributed by atoms with E-state index in [1.807, 2.05) is 11.9 Å². The standard InChI is InChI=1S/C26H44FN3O3/c1-25(2,3)17-23(18-28-4)29-24(31)30-14-9-11-21(19-30)26(32,13-6-7-15-33-5)20-10-8-12-22(27)16-20/h8,10,12,16,21,23,28,32H,6-7,9,11,13-15,17-19H2,1-5H3,(H,29,31)/t21-,23?,26-/m1/s1. The van der Waals surface area contributed by atoms with Crippen LogP contribution in [0.2, 0.25) is 0 Å². The fraction of sp³-hybridized carbons (Fsp3) is 0.731. The Morgan fingerprint density at radius 1 is 1.33 bits per heavy atom. The first kappa shape index (κ1) is 27.5. The number of nitrogens with zero attached hydrogens (tertiary/aromatic N) is 1. The Kier molecular flexibility index (Phi) is 10.6. The number of carbonyl (C=O) groups excluding carboxylic acids is 1. The lowest BCUT2D eigenvalue weighted by atomic mass is 9.74. The van der Waals surface area contributed by atoms with Gasteiger partial charge in [0.15, 0.2) is 0 Å². The number of hydrogen-bond acceptors (Lipinski definition) is 4. The summed E-state index contributed by atoms with van der Waals surface area (Å²) in [4.78, 5) is 15.0. The summed E-state index contributed by atoms with van der Waals surface area (Å²) in [5.41, 5.74) is -0.503. The van der Waals surface area contributed by atoms with Crippen LogP contribution >= 0.6 is 0 Å². The summed E-state index contributed by atoms with van der Waals surface area (Å²) < 4.78 is 19.2. The molecule has 1 aromatic rings. The van der Waals surface area contributed by atoms with E-state index in [4.69, 9.17) is 4.74 Å². The molecule has 0 bridgehead atoms. The Balaban J connectivity index is 2.16. The molecule has 1 aliphatic heterocycles. The summed E-state index contributed by atoms with van der Waals surface area (Å²) in [7, 11) is 3.55. The number of unbranched alkanes of at least 4 members (excludes halogenated alkanes) is 1. The number of nitrogens with one attached hydrogen (secondary N) is 2. The van der Waals surface area contributed by atoms with Crippen LogP contribution in [0.15, 0.2) is 24.3 Å². The topological polar surface area (TPSA) is 73.8 Å². The second-order valence-corrected chi connectivity index (χ2v) is 10.6. The predicted octanol–water partition coefficient (Wildman–Crippen LogP) is 4.28. The number of amides is 2. The summed E-state index contributed by atoms with van der Waals surface area (Å²) >= 11 is 0. The van der Waals surface area contributed by atoms with Gasteiger partial charge >= 0.3 is 6.03 Å². The van der Waals surface area contributed by atoms with Crippen molar-refractivity contribution in [3.63, 3.8) is 0 Å². The van der Waals surface area contributed by atoms with E-state index >= 15 is 0 Å². The zero-order valence-corrected chi connectivity index (χ0v) is 21.1. The van der Waals surface area contributed by atoms with Gasteiger partial charge in [0.1, 0.15) is 5.82 Å². The molecular formula is C26H44FN3O3. The summed E-state index contributed by atoms with van der Waals surface area (Å²) in [6.07, 6.45) is 4.56. The highest BCUT2D eigenvalue weighted by atomic mass is 19.1. The van der Waals surface area contributed by atoms with Gasteiger partial charge < -0.3 is 25.4 Å². The van der Waals surface area contributed by atoms with Gasteiger partial charge in [-0.3, -0.25) is 0 Å². The molecule has 1 aromatic carbocycles. The van der Waals surface area contributed by atoms with Gasteiger partial charge in [0.25, 0.3) is 0 Å². The van der Waals surface area contributed by atoms with Crippen LogP contribution in [0.4, 0.5) is 9.18 Å². The molecule has 7 heteroatoms. The summed E-state index contributed by atoms with van der Waals surface area (Å²) in [5, 5.41) is 18.2. The molecule has 0 aliphatic carbocycles. The van der Waals surface area contributed by atoms with E-state index < -0.39 is 5.60 Å². The third-order valence-electron chi connectivity index (χ3n) is 6.50. The van der Waals surface area contributed by atoms with E-state index in [0.717, 1.165) is 32.1 Å². The first-order valence-corrected chi connectivity index (χ1v) is 12.3. The number of aliphatic hydroxyl groups is 1. The van der Waals surface area contributed by atoms with E-state index in [-0.39, 0.29) is 29.2 Å². The van der Waals surface area contributed by atoms with Crippen LogP contribution in [0.25, 0.3) is 0 Å². The molecule has 0 aromatic heterocycles. The number of carbonyl (C=O) groups is 1. The number of halogens is 1. The fourth-order valence-corrected chi connectivity index (χ4v) is 4.96. The van der Waals surface area contributed by atoms with Crippen molar-refractivity contribution < 1.29 is 19.0 Å². The third kappa shape index (κ3) is 8.54. The van der Waals surface area contributed by atoms with Gasteiger partial charge in [-0.2, -0.15) is 0 Å². The fourth-order valence-electron chi connectivity index (χ4n) is 4.96. The maximum atomic E-state index is 14.1. The van der Waals surface area contributed by atoms with Crippen molar-refractivity contribution in [2.45, 2.75) is 70.9 Å². The highest BCUT2D eigenvalue weighted by molar-refractivity contribution is 5.74. The van der Waals surface area contributed by atoms with Crippen molar-refractivity contribution >= 4 is 6.03 Å². The zero-order valence-electron chi connectivity index (χ0n) is 21.1. The lowest BCUT2D eigenvalue weighted by Gasteiger charge is -2.43. The molecule has 0 spiro atoms. The van der Waals surface area contributed by atoms with Crippen molar-refractivity contribution in [2.75, 3.05) is 40.4 Å². The maximum absolute atomic E-state index is 14.1. The van der Waals surface area contributed by atoms with E-state index in [0.29, 0.717) is 38.2 Å². The average molecular weight is 466 g/mol. The number of piperidine rings is 1. The number of benzene rings is 1. The molecule has 3 N–H and O–H groups in total. The zero-order chi connectivity index (χ0) is 24.5. The number of hydrogen-bond donors (Lipinski definition) is 3. The molecule has 33 heavy (non-hydrogen) atoms. The molecule has 1 aliphatic rings. The number of urea groups is 1. The maximum Gasteiger partial charge on any atom is 0.317 e. The van der Waals surface area contributed by atoms with Crippen molar-refractivity contribution in [3.05, 3.63) is 35.6 Å². The molecule has 1 saturated heterocycles. The third-order valence-corrected chi connectivity index (χ3v) is 6.50. The number of ether oxygens (including phenoxy) is 1. The largest absolute Gasteiger partial charge is 0.385 e. The molecule has 2 amide bonds. The van der Waals surface area contributed by atoms with E-state index in [1.165, 1.54) is 12.1 Å². The normalized spacial score (nSPS) is 19.7. The molecule has 1 heterocycles. The van der Waals surface area contributed by atoms with Crippen LogP contribution in [-0.2, 0) is 10.3 Å². The van der Waals surface area contributed by atoms with Crippen molar-refractivity contribution in [1.29, 1.82) is 0 Å². The van der Waals surface area contributed by atoms with E-state index in [9.17, 15) is 14.3 Å². The number of likely N-dealkylation sites (N-methyl/N-ethyl adjacent to an activating group) is 1. The van der Waals surface area contributed by atoms with Gasteiger partial charge in [0, 0.05) is 45.3 Å². The van der Waals surface area contributed by atoms with Crippen LogP contribution in [0.1, 0.15) is 64.9 Å². The van der Waals surface area contributed by atoms with Crippen molar-refractivity contribution in [1.82, 2.24) is 15.5 Å². The van der Waals surface area contributed by atoms with Crippen LogP contribution in [-0.4, -0.2) is 62.5 Å². The van der Waals surface area contributed by atoms with Crippen molar-refractivity contribution in [3.8, 4) is 0 Å². The van der Waals surface area contributed by atoms with E-state index in [1.54, 1.807) is 19.2 Å². The first-order chi connectivity index (χ1) is 15.6. The minimum Gasteiger partial charge on any atom is -0.385 e. The molecule has 188 valence electrons. The minimum atomic E-state index is -1.19. The van der Waals surface area contributed by atoms with Crippen molar-refractivity contribution in [2.24, 2.45) is 11.3 Å². The van der Waals surface area contributed by atoms with Crippen LogP contribution in [0.3, 0.4) is 0 Å². The molecule has 3 atom stereocenters. The Labute approximate surface area is 199 Å². The Morgan fingerprint density at radius 2 is 2.09 bits per heavy atom. The molecular weight excluding hydrogens is 421 g/mol. The molecule has 0 saturated carbocycles. The molecule has 0 radical (unpaired) electrons. The summed E-state index contributed by atoms with van der Waals surface area (Å²) in [6, 6.07) is 6.20. The Hall–Kier alpha value is -1.70. The van der Waals surface area contributed by atoms with Gasteiger partial charge in [-0.25, -0.2) is 9.18 Å². The summed E-state index contributed by atoms with van der Waals surface area (Å²) in [5.74, 6) is -0.517. The highest BCUT2D eigenvalue weighted by Crippen LogP contribution is 2.40. The quantitative estimate of drug-likeness (QED) is 0.427. The highest BCUT2D eigenvalue weighted by Gasteiger charge is 2.41. The van der Waals surface area contributed by atoms with Crippen LogP contribution in [0, 0.1) is 17.2 Å². The van der Waals surface area contributed by atoms with Crippen LogP contribution in [0.5, 0.6) is 0 Å². The number of methoxy groups -OCH3 is 1. The molecule has 1 unspecified atom stereocenters. The molecule has 2 rings (SSSR count). The van der Waals surface area contributed by atoms with Crippen LogP contribution < -0.4 is 10.6 Å². The monoisotopic (exact) mass is 465 g/mol. The molecule has 1 fully saturated rings. The predicted molar refractivity (Wildman–Crippen MR) is 131 cm³/mol. The second-order valence-electron chi connectivity index (χ2n) is 10.6. The SMILES string of the molecule is CNCC(CC(C)(C)C)NC(=O)N1CCC[C@@H]([C@@](O)(CCCCOC)c2cccc(F)c2)C1.